The number of halogens is 4. The molecule has 0 aliphatic carbocycles. The minimum absolute atomic E-state index is 0.0323. The van der Waals surface area contributed by atoms with Gasteiger partial charge >= 0.3 is 6.18 Å². The first-order valence-electron chi connectivity index (χ1n) is 7.31. The summed E-state index contributed by atoms with van der Waals surface area (Å²) in [5.74, 6) is -0.575. The van der Waals surface area contributed by atoms with Gasteiger partial charge in [-0.25, -0.2) is 0 Å². The van der Waals surface area contributed by atoms with Crippen molar-refractivity contribution in [2.24, 2.45) is 0 Å². The quantitative estimate of drug-likeness (QED) is 0.897. The number of carbonyl (C=O) groups excluding carboxylic acids is 2. The van der Waals surface area contributed by atoms with Gasteiger partial charge in [-0.2, -0.15) is 13.2 Å². The lowest BCUT2D eigenvalue weighted by Gasteiger charge is -2.33. The molecule has 1 aliphatic rings. The molecule has 24 heavy (non-hydrogen) atoms. The zero-order valence-corrected chi connectivity index (χ0v) is 13.7. The minimum atomic E-state index is -4.61. The molecule has 0 bridgehead atoms. The van der Waals surface area contributed by atoms with Gasteiger partial charge in [0.25, 0.3) is 0 Å². The van der Waals surface area contributed by atoms with Gasteiger partial charge in [0.2, 0.25) is 11.8 Å². The molecule has 0 aromatic heterocycles. The highest BCUT2D eigenvalue weighted by Gasteiger charge is 2.34. The molecule has 1 fully saturated rings. The van der Waals surface area contributed by atoms with Crippen molar-refractivity contribution in [1.29, 1.82) is 0 Å². The highest BCUT2D eigenvalue weighted by Crippen LogP contribution is 2.36. The third-order valence-corrected chi connectivity index (χ3v) is 3.98. The van der Waals surface area contributed by atoms with Crippen molar-refractivity contribution >= 4 is 29.1 Å². The molecule has 0 radical (unpaired) electrons. The summed E-state index contributed by atoms with van der Waals surface area (Å²) >= 11 is 5.60. The molecule has 1 aliphatic heterocycles. The van der Waals surface area contributed by atoms with E-state index >= 15 is 0 Å². The van der Waals surface area contributed by atoms with Gasteiger partial charge in [-0.1, -0.05) is 11.6 Å². The van der Waals surface area contributed by atoms with E-state index in [9.17, 15) is 22.8 Å². The number of anilines is 1. The number of hydrogen-bond donors (Lipinski definition) is 1. The summed E-state index contributed by atoms with van der Waals surface area (Å²) in [4.78, 5) is 26.7. The van der Waals surface area contributed by atoms with E-state index < -0.39 is 17.6 Å². The van der Waals surface area contributed by atoms with Crippen LogP contribution in [0, 0.1) is 0 Å². The Kier molecular flexibility index (Phi) is 5.71. The van der Waals surface area contributed by atoms with E-state index in [1.54, 1.807) is 9.80 Å². The summed E-state index contributed by atoms with van der Waals surface area (Å²) in [6.07, 6.45) is -4.61. The fraction of sp³-hybridized carbons (Fsp3) is 0.467. The molecular weight excluding hydrogens is 347 g/mol. The summed E-state index contributed by atoms with van der Waals surface area (Å²) in [6, 6.07) is 3.21. The Bertz CT molecular complexity index is 629. The average Bonchev–Trinajstić information content (AvgIpc) is 2.48. The van der Waals surface area contributed by atoms with Crippen LogP contribution < -0.4 is 5.32 Å². The number of hydrogen-bond acceptors (Lipinski definition) is 3. The SMILES string of the molecule is CC(=O)N1CCN(CC(=O)Nc2ccc(Cl)cc2C(F)(F)F)CC1. The standard InChI is InChI=1S/C15H17ClF3N3O2/c1-10(23)22-6-4-21(5-7-22)9-14(24)20-13-3-2-11(16)8-12(13)15(17,18)19/h2-3,8H,4-7,9H2,1H3,(H,20,24). The third kappa shape index (κ3) is 4.85. The van der Waals surface area contributed by atoms with Crippen molar-refractivity contribution in [3.05, 3.63) is 28.8 Å². The maximum atomic E-state index is 13.0. The predicted octanol–water partition coefficient (Wildman–Crippen LogP) is 2.46. The maximum absolute atomic E-state index is 13.0. The van der Waals surface area contributed by atoms with Crippen LogP contribution in [-0.2, 0) is 15.8 Å². The van der Waals surface area contributed by atoms with Gasteiger partial charge in [0.15, 0.2) is 0 Å². The smallest absolute Gasteiger partial charge is 0.340 e. The summed E-state index contributed by atoms with van der Waals surface area (Å²) in [5, 5.41) is 2.23. The van der Waals surface area contributed by atoms with Crippen LogP contribution in [0.25, 0.3) is 0 Å². The highest BCUT2D eigenvalue weighted by molar-refractivity contribution is 6.30. The number of rotatable bonds is 3. The lowest BCUT2D eigenvalue weighted by atomic mass is 10.1. The molecule has 2 rings (SSSR count). The van der Waals surface area contributed by atoms with E-state index in [1.165, 1.54) is 13.0 Å². The molecule has 132 valence electrons. The predicted molar refractivity (Wildman–Crippen MR) is 83.8 cm³/mol. The van der Waals surface area contributed by atoms with Crippen LogP contribution in [0.1, 0.15) is 12.5 Å². The van der Waals surface area contributed by atoms with Crippen molar-refractivity contribution in [1.82, 2.24) is 9.80 Å². The molecular formula is C15H17ClF3N3O2. The van der Waals surface area contributed by atoms with E-state index in [0.717, 1.165) is 12.1 Å². The van der Waals surface area contributed by atoms with Crippen LogP contribution in [0.3, 0.4) is 0 Å². The summed E-state index contributed by atoms with van der Waals surface area (Å²) in [5.41, 5.74) is -1.30. The molecule has 9 heteroatoms. The molecule has 1 saturated heterocycles. The topological polar surface area (TPSA) is 52.7 Å². The van der Waals surface area contributed by atoms with Crippen LogP contribution in [-0.4, -0.2) is 54.3 Å². The van der Waals surface area contributed by atoms with Crippen LogP contribution in [0.2, 0.25) is 5.02 Å². The fourth-order valence-electron chi connectivity index (χ4n) is 2.47. The second-order valence-corrected chi connectivity index (χ2v) is 5.95. The van der Waals surface area contributed by atoms with Gasteiger partial charge in [-0.05, 0) is 18.2 Å². The highest BCUT2D eigenvalue weighted by atomic mass is 35.5. The maximum Gasteiger partial charge on any atom is 0.418 e. The molecule has 1 aromatic rings. The Balaban J connectivity index is 1.97. The van der Waals surface area contributed by atoms with Gasteiger partial charge < -0.3 is 10.2 Å². The number of nitrogens with zero attached hydrogens (tertiary/aromatic N) is 2. The Morgan fingerprint density at radius 2 is 1.83 bits per heavy atom. The second-order valence-electron chi connectivity index (χ2n) is 5.52. The monoisotopic (exact) mass is 363 g/mol. The lowest BCUT2D eigenvalue weighted by Crippen LogP contribution is -2.49. The number of benzene rings is 1. The van der Waals surface area contributed by atoms with Crippen molar-refractivity contribution in [3.8, 4) is 0 Å². The third-order valence-electron chi connectivity index (χ3n) is 3.75. The summed E-state index contributed by atoms with van der Waals surface area (Å²) in [6.45, 7) is 3.43. The van der Waals surface area contributed by atoms with Crippen LogP contribution in [0.15, 0.2) is 18.2 Å². The minimum Gasteiger partial charge on any atom is -0.340 e. The van der Waals surface area contributed by atoms with Gasteiger partial charge in [-0.15, -0.1) is 0 Å². The first-order valence-corrected chi connectivity index (χ1v) is 7.69. The molecule has 2 amide bonds. The zero-order chi connectivity index (χ0) is 17.9. The zero-order valence-electron chi connectivity index (χ0n) is 13.0. The van der Waals surface area contributed by atoms with E-state index in [1.807, 2.05) is 0 Å². The lowest BCUT2D eigenvalue weighted by molar-refractivity contribution is -0.137. The summed E-state index contributed by atoms with van der Waals surface area (Å²) in [7, 11) is 0. The van der Waals surface area contributed by atoms with E-state index in [4.69, 9.17) is 11.6 Å². The van der Waals surface area contributed by atoms with Crippen LogP contribution in [0.4, 0.5) is 18.9 Å². The van der Waals surface area contributed by atoms with Crippen molar-refractivity contribution in [3.63, 3.8) is 0 Å². The van der Waals surface area contributed by atoms with Crippen molar-refractivity contribution in [2.75, 3.05) is 38.0 Å². The number of amides is 2. The van der Waals surface area contributed by atoms with Gasteiger partial charge in [0, 0.05) is 38.1 Å². The number of piperazine rings is 1. The molecule has 5 nitrogen and oxygen atoms in total. The Morgan fingerprint density at radius 1 is 1.21 bits per heavy atom. The molecule has 1 aromatic carbocycles. The van der Waals surface area contributed by atoms with Gasteiger partial charge in [0.1, 0.15) is 0 Å². The first-order chi connectivity index (χ1) is 11.2. The molecule has 0 spiro atoms. The Hall–Kier alpha value is -1.80. The second kappa shape index (κ2) is 7.40. The average molecular weight is 364 g/mol. The van der Waals surface area contributed by atoms with Crippen LogP contribution in [0.5, 0.6) is 0 Å². The summed E-state index contributed by atoms with van der Waals surface area (Å²) < 4.78 is 39.0. The van der Waals surface area contributed by atoms with Gasteiger partial charge in [-0.3, -0.25) is 14.5 Å². The molecule has 1 heterocycles. The van der Waals surface area contributed by atoms with Crippen molar-refractivity contribution < 1.29 is 22.8 Å². The molecule has 0 saturated carbocycles. The molecule has 0 unspecified atom stereocenters. The fourth-order valence-corrected chi connectivity index (χ4v) is 2.65. The number of alkyl halides is 3. The van der Waals surface area contributed by atoms with E-state index in [2.05, 4.69) is 5.32 Å². The van der Waals surface area contributed by atoms with E-state index in [0.29, 0.717) is 26.2 Å². The number of nitrogens with one attached hydrogen (secondary N) is 1. The Labute approximate surface area is 142 Å². The number of carbonyl (C=O) groups is 2. The molecule has 1 N–H and O–H groups in total. The van der Waals surface area contributed by atoms with Crippen LogP contribution >= 0.6 is 11.6 Å². The van der Waals surface area contributed by atoms with E-state index in [-0.39, 0.29) is 23.2 Å². The Morgan fingerprint density at radius 3 is 2.38 bits per heavy atom. The van der Waals surface area contributed by atoms with Gasteiger partial charge in [0.05, 0.1) is 17.8 Å². The molecule has 0 atom stereocenters. The first kappa shape index (κ1) is 18.5. The van der Waals surface area contributed by atoms with Crippen molar-refractivity contribution in [2.45, 2.75) is 13.1 Å². The normalized spacial score (nSPS) is 16.1. The largest absolute Gasteiger partial charge is 0.418 e.